The number of amides is 1. The first-order chi connectivity index (χ1) is 8.75. The highest BCUT2D eigenvalue weighted by atomic mass is 32.1. The van der Waals surface area contributed by atoms with E-state index in [1.54, 1.807) is 16.2 Å². The van der Waals surface area contributed by atoms with Crippen molar-refractivity contribution in [2.45, 2.75) is 25.4 Å². The molecule has 1 saturated carbocycles. The van der Waals surface area contributed by atoms with Gasteiger partial charge in [0, 0.05) is 10.9 Å². The summed E-state index contributed by atoms with van der Waals surface area (Å²) in [5.74, 6) is -0.151. The Morgan fingerprint density at radius 2 is 2.39 bits per heavy atom. The molecule has 3 rings (SSSR count). The molecule has 2 aromatic rings. The van der Waals surface area contributed by atoms with Gasteiger partial charge < -0.3 is 10.6 Å². The maximum Gasteiger partial charge on any atom is 0.280 e. The zero-order valence-electron chi connectivity index (χ0n) is 9.57. The molecule has 94 valence electrons. The molecular weight excluding hydrogens is 252 g/mol. The maximum absolute atomic E-state index is 12.3. The summed E-state index contributed by atoms with van der Waals surface area (Å²) < 4.78 is 4.48. The zero-order chi connectivity index (χ0) is 12.5. The standard InChI is InChI=1S/C11H12N4O2S/c12-10-9(13-17-14-10)11(16)15(7-3-4-7)6-8-2-1-5-18-8/h1-2,5,7H,3-4,6H2,(H2,12,14). The van der Waals surface area contributed by atoms with Crippen molar-refractivity contribution in [3.05, 3.63) is 28.1 Å². The van der Waals surface area contributed by atoms with E-state index >= 15 is 0 Å². The number of anilines is 1. The van der Waals surface area contributed by atoms with Gasteiger partial charge in [0.15, 0.2) is 0 Å². The van der Waals surface area contributed by atoms with Gasteiger partial charge in [-0.25, -0.2) is 4.63 Å². The van der Waals surface area contributed by atoms with Gasteiger partial charge in [0.05, 0.1) is 6.54 Å². The van der Waals surface area contributed by atoms with Crippen molar-refractivity contribution in [2.75, 3.05) is 5.73 Å². The van der Waals surface area contributed by atoms with E-state index in [0.29, 0.717) is 6.54 Å². The number of nitrogens with zero attached hydrogens (tertiary/aromatic N) is 3. The van der Waals surface area contributed by atoms with Crippen molar-refractivity contribution in [3.63, 3.8) is 0 Å². The molecule has 0 unspecified atom stereocenters. The second-order valence-corrected chi connectivity index (χ2v) is 5.27. The van der Waals surface area contributed by atoms with E-state index in [9.17, 15) is 4.79 Å². The van der Waals surface area contributed by atoms with E-state index in [2.05, 4.69) is 14.9 Å². The largest absolute Gasteiger partial charge is 0.379 e. The molecule has 1 aliphatic carbocycles. The van der Waals surface area contributed by atoms with Crippen LogP contribution in [0.15, 0.2) is 22.1 Å². The van der Waals surface area contributed by atoms with Crippen LogP contribution in [0, 0.1) is 0 Å². The van der Waals surface area contributed by atoms with Crippen molar-refractivity contribution >= 4 is 23.1 Å². The minimum atomic E-state index is -0.204. The molecule has 0 aromatic carbocycles. The molecule has 0 aliphatic heterocycles. The Kier molecular flexibility index (Phi) is 2.75. The van der Waals surface area contributed by atoms with Gasteiger partial charge in [-0.2, -0.15) is 0 Å². The van der Waals surface area contributed by atoms with E-state index < -0.39 is 0 Å². The van der Waals surface area contributed by atoms with Crippen LogP contribution < -0.4 is 5.73 Å². The van der Waals surface area contributed by atoms with Crippen molar-refractivity contribution < 1.29 is 9.42 Å². The van der Waals surface area contributed by atoms with Crippen LogP contribution in [0.3, 0.4) is 0 Å². The van der Waals surface area contributed by atoms with Crippen molar-refractivity contribution in [3.8, 4) is 0 Å². The number of thiophene rings is 1. The lowest BCUT2D eigenvalue weighted by molar-refractivity contribution is 0.0721. The summed E-state index contributed by atoms with van der Waals surface area (Å²) in [6, 6.07) is 4.27. The predicted molar refractivity (Wildman–Crippen MR) is 65.9 cm³/mol. The minimum absolute atomic E-state index is 0.0526. The van der Waals surface area contributed by atoms with Gasteiger partial charge in [-0.15, -0.1) is 11.3 Å². The minimum Gasteiger partial charge on any atom is -0.379 e. The maximum atomic E-state index is 12.3. The van der Waals surface area contributed by atoms with Gasteiger partial charge in [-0.05, 0) is 34.6 Å². The average Bonchev–Trinajstić information content (AvgIpc) is 2.89. The van der Waals surface area contributed by atoms with Gasteiger partial charge in [0.2, 0.25) is 11.5 Å². The highest BCUT2D eigenvalue weighted by molar-refractivity contribution is 7.09. The molecule has 0 spiro atoms. The Morgan fingerprint density at radius 1 is 1.56 bits per heavy atom. The molecule has 18 heavy (non-hydrogen) atoms. The van der Waals surface area contributed by atoms with Crippen molar-refractivity contribution in [2.24, 2.45) is 0 Å². The van der Waals surface area contributed by atoms with Crippen LogP contribution in [0.25, 0.3) is 0 Å². The SMILES string of the molecule is Nc1nonc1C(=O)N(Cc1cccs1)C1CC1. The Bertz CT molecular complexity index is 547. The summed E-state index contributed by atoms with van der Waals surface area (Å²) >= 11 is 1.63. The predicted octanol–water partition coefficient (Wildman–Crippen LogP) is 1.52. The lowest BCUT2D eigenvalue weighted by Gasteiger charge is -2.20. The molecule has 2 aromatic heterocycles. The molecule has 1 amide bonds. The fourth-order valence-electron chi connectivity index (χ4n) is 1.80. The summed E-state index contributed by atoms with van der Waals surface area (Å²) in [5.41, 5.74) is 5.67. The van der Waals surface area contributed by atoms with Crippen LogP contribution in [0.1, 0.15) is 28.2 Å². The zero-order valence-corrected chi connectivity index (χ0v) is 10.4. The van der Waals surface area contributed by atoms with Crippen LogP contribution in [0.2, 0.25) is 0 Å². The molecule has 0 radical (unpaired) electrons. The van der Waals surface area contributed by atoms with Gasteiger partial charge in [-0.3, -0.25) is 4.79 Å². The summed E-state index contributed by atoms with van der Waals surface area (Å²) in [6.07, 6.45) is 2.06. The highest BCUT2D eigenvalue weighted by Gasteiger charge is 2.35. The third-order valence-corrected chi connectivity index (χ3v) is 3.73. The first-order valence-electron chi connectivity index (χ1n) is 5.67. The Hall–Kier alpha value is -1.89. The van der Waals surface area contributed by atoms with Gasteiger partial charge in [0.1, 0.15) is 0 Å². The van der Waals surface area contributed by atoms with Crippen LogP contribution in [0.5, 0.6) is 0 Å². The number of hydrogen-bond acceptors (Lipinski definition) is 6. The molecule has 7 heteroatoms. The van der Waals surface area contributed by atoms with E-state index in [-0.39, 0.29) is 23.5 Å². The summed E-state index contributed by atoms with van der Waals surface area (Å²) in [4.78, 5) is 15.3. The topological polar surface area (TPSA) is 85.2 Å². The molecule has 0 bridgehead atoms. The average molecular weight is 264 g/mol. The van der Waals surface area contributed by atoms with Crippen LogP contribution in [-0.2, 0) is 6.54 Å². The number of rotatable bonds is 4. The first-order valence-corrected chi connectivity index (χ1v) is 6.55. The second kappa shape index (κ2) is 4.41. The van der Waals surface area contributed by atoms with E-state index in [1.807, 2.05) is 17.5 Å². The smallest absolute Gasteiger partial charge is 0.280 e. The van der Waals surface area contributed by atoms with E-state index in [1.165, 1.54) is 0 Å². The van der Waals surface area contributed by atoms with Crippen molar-refractivity contribution in [1.29, 1.82) is 0 Å². The quantitative estimate of drug-likeness (QED) is 0.904. The lowest BCUT2D eigenvalue weighted by atomic mass is 10.3. The monoisotopic (exact) mass is 264 g/mol. The lowest BCUT2D eigenvalue weighted by Crippen LogP contribution is -2.33. The van der Waals surface area contributed by atoms with Crippen molar-refractivity contribution in [1.82, 2.24) is 15.2 Å². The Balaban J connectivity index is 1.82. The molecular formula is C11H12N4O2S. The van der Waals surface area contributed by atoms with Gasteiger partial charge >= 0.3 is 0 Å². The number of carbonyl (C=O) groups excluding carboxylic acids is 1. The third kappa shape index (κ3) is 2.08. The molecule has 2 heterocycles. The van der Waals surface area contributed by atoms with Gasteiger partial charge in [-0.1, -0.05) is 6.07 Å². The third-order valence-electron chi connectivity index (χ3n) is 2.87. The molecule has 6 nitrogen and oxygen atoms in total. The highest BCUT2D eigenvalue weighted by Crippen LogP contribution is 2.30. The molecule has 1 aliphatic rings. The van der Waals surface area contributed by atoms with Crippen LogP contribution in [0.4, 0.5) is 5.82 Å². The van der Waals surface area contributed by atoms with Crippen LogP contribution in [-0.4, -0.2) is 27.2 Å². The number of nitrogens with two attached hydrogens (primary N) is 1. The fourth-order valence-corrected chi connectivity index (χ4v) is 2.51. The van der Waals surface area contributed by atoms with E-state index in [4.69, 9.17) is 5.73 Å². The molecule has 1 fully saturated rings. The summed E-state index contributed by atoms with van der Waals surface area (Å²) in [7, 11) is 0. The summed E-state index contributed by atoms with van der Waals surface area (Å²) in [6.45, 7) is 0.591. The Morgan fingerprint density at radius 3 is 2.94 bits per heavy atom. The summed E-state index contributed by atoms with van der Waals surface area (Å²) in [5, 5.41) is 9.02. The number of hydrogen-bond donors (Lipinski definition) is 1. The number of carbonyl (C=O) groups is 1. The molecule has 0 saturated heterocycles. The second-order valence-electron chi connectivity index (χ2n) is 4.24. The van der Waals surface area contributed by atoms with E-state index in [0.717, 1.165) is 17.7 Å². The molecule has 0 atom stereocenters. The number of aromatic nitrogens is 2. The van der Waals surface area contributed by atoms with Crippen LogP contribution >= 0.6 is 11.3 Å². The Labute approximate surface area is 107 Å². The molecule has 2 N–H and O–H groups in total. The first kappa shape index (κ1) is 11.2. The number of nitrogen functional groups attached to an aromatic ring is 1. The fraction of sp³-hybridized carbons (Fsp3) is 0.364. The normalized spacial score (nSPS) is 14.7. The van der Waals surface area contributed by atoms with Gasteiger partial charge in [0.25, 0.3) is 5.91 Å².